The van der Waals surface area contributed by atoms with Gasteiger partial charge in [0, 0.05) is 0 Å². The number of methoxy groups -OCH3 is 1. The summed E-state index contributed by atoms with van der Waals surface area (Å²) in [5.41, 5.74) is 4.31. The summed E-state index contributed by atoms with van der Waals surface area (Å²) in [5, 5.41) is 0. The molecule has 0 spiro atoms. The number of ether oxygens (including phenoxy) is 2. The Morgan fingerprint density at radius 1 is 1.35 bits per heavy atom. The van der Waals surface area contributed by atoms with Crippen molar-refractivity contribution < 1.29 is 14.3 Å². The monoisotopic (exact) mass is 232 g/mol. The van der Waals surface area contributed by atoms with E-state index in [0.29, 0.717) is 12.2 Å². The van der Waals surface area contributed by atoms with E-state index >= 15 is 0 Å². The molecule has 0 heterocycles. The van der Waals surface area contributed by atoms with Crippen molar-refractivity contribution in [2.75, 3.05) is 13.7 Å². The predicted molar refractivity (Wildman–Crippen MR) is 66.8 cm³/mol. The van der Waals surface area contributed by atoms with Crippen molar-refractivity contribution in [3.05, 3.63) is 41.1 Å². The lowest BCUT2D eigenvalue weighted by molar-refractivity contribution is -0.138. The van der Waals surface area contributed by atoms with Crippen LogP contribution in [0.2, 0.25) is 0 Å². The van der Waals surface area contributed by atoms with Crippen molar-refractivity contribution in [1.82, 2.24) is 0 Å². The molecule has 0 aliphatic carbocycles. The Labute approximate surface area is 101 Å². The molecule has 1 aromatic rings. The topological polar surface area (TPSA) is 35.5 Å². The van der Waals surface area contributed by atoms with Gasteiger partial charge in [-0.15, -0.1) is 5.73 Å². The van der Waals surface area contributed by atoms with E-state index in [-0.39, 0.29) is 5.97 Å². The average Bonchev–Trinajstić information content (AvgIpc) is 2.36. The molecule has 0 saturated heterocycles. The highest BCUT2D eigenvalue weighted by atomic mass is 16.5. The zero-order valence-electron chi connectivity index (χ0n) is 10.3. The molecule has 3 heteroatoms. The van der Waals surface area contributed by atoms with E-state index < -0.39 is 0 Å². The van der Waals surface area contributed by atoms with Gasteiger partial charge >= 0.3 is 5.97 Å². The SMILES string of the molecule is CCOC(=O)C(C)=C=Cc1ccc(OC)cc1. The zero-order chi connectivity index (χ0) is 12.7. The number of carbonyl (C=O) groups is 1. The Bertz CT molecular complexity index is 437. The number of hydrogen-bond donors (Lipinski definition) is 0. The molecule has 3 nitrogen and oxygen atoms in total. The van der Waals surface area contributed by atoms with Crippen LogP contribution in [-0.4, -0.2) is 19.7 Å². The van der Waals surface area contributed by atoms with Crippen LogP contribution in [-0.2, 0) is 9.53 Å². The van der Waals surface area contributed by atoms with Crippen LogP contribution in [0.4, 0.5) is 0 Å². The molecule has 0 fully saturated rings. The first-order valence-corrected chi connectivity index (χ1v) is 5.42. The van der Waals surface area contributed by atoms with Gasteiger partial charge in [0.2, 0.25) is 0 Å². The largest absolute Gasteiger partial charge is 0.497 e. The van der Waals surface area contributed by atoms with E-state index in [1.54, 1.807) is 27.0 Å². The molecule has 0 atom stereocenters. The molecular formula is C14H16O3. The molecule has 0 aliphatic rings. The number of esters is 1. The first kappa shape index (κ1) is 13.1. The van der Waals surface area contributed by atoms with Gasteiger partial charge in [0.05, 0.1) is 19.3 Å². The summed E-state index contributed by atoms with van der Waals surface area (Å²) in [7, 11) is 1.62. The first-order chi connectivity index (χ1) is 8.17. The van der Waals surface area contributed by atoms with Crippen molar-refractivity contribution >= 4 is 12.0 Å². The van der Waals surface area contributed by atoms with Gasteiger partial charge in [0.25, 0.3) is 0 Å². The summed E-state index contributed by atoms with van der Waals surface area (Å²) >= 11 is 0. The Hall–Kier alpha value is -1.99. The van der Waals surface area contributed by atoms with Crippen molar-refractivity contribution in [3.63, 3.8) is 0 Å². The molecule has 90 valence electrons. The average molecular weight is 232 g/mol. The molecule has 1 rings (SSSR count). The predicted octanol–water partition coefficient (Wildman–Crippen LogP) is 2.82. The highest BCUT2D eigenvalue weighted by Gasteiger charge is 2.01. The molecule has 1 aromatic carbocycles. The van der Waals surface area contributed by atoms with Gasteiger partial charge in [-0.05, 0) is 37.6 Å². The maximum atomic E-state index is 11.3. The van der Waals surface area contributed by atoms with Gasteiger partial charge < -0.3 is 9.47 Å². The second-order valence-electron chi connectivity index (χ2n) is 3.41. The molecule has 0 bridgehead atoms. The van der Waals surface area contributed by atoms with Gasteiger partial charge in [-0.3, -0.25) is 0 Å². The first-order valence-electron chi connectivity index (χ1n) is 5.42. The van der Waals surface area contributed by atoms with Crippen LogP contribution in [0.3, 0.4) is 0 Å². The fourth-order valence-corrected chi connectivity index (χ4v) is 1.19. The van der Waals surface area contributed by atoms with E-state index in [1.807, 2.05) is 24.3 Å². The number of carbonyl (C=O) groups excluding carboxylic acids is 1. The normalized spacial score (nSPS) is 9.12. The van der Waals surface area contributed by atoms with Gasteiger partial charge in [-0.1, -0.05) is 12.1 Å². The number of rotatable bonds is 4. The second kappa shape index (κ2) is 6.56. The quantitative estimate of drug-likeness (QED) is 0.455. The maximum absolute atomic E-state index is 11.3. The molecule has 0 aromatic heterocycles. The zero-order valence-corrected chi connectivity index (χ0v) is 10.3. The van der Waals surface area contributed by atoms with Crippen LogP contribution in [0.1, 0.15) is 19.4 Å². The van der Waals surface area contributed by atoms with Crippen LogP contribution in [0.5, 0.6) is 5.75 Å². The lowest BCUT2D eigenvalue weighted by Gasteiger charge is -1.99. The number of hydrogen-bond acceptors (Lipinski definition) is 3. The lowest BCUT2D eigenvalue weighted by atomic mass is 10.2. The fourth-order valence-electron chi connectivity index (χ4n) is 1.19. The number of benzene rings is 1. The van der Waals surface area contributed by atoms with Gasteiger partial charge in [0.1, 0.15) is 5.75 Å². The fraction of sp³-hybridized carbons (Fsp3) is 0.286. The minimum Gasteiger partial charge on any atom is -0.497 e. The van der Waals surface area contributed by atoms with Crippen LogP contribution in [0.15, 0.2) is 35.6 Å². The summed E-state index contributed by atoms with van der Waals surface area (Å²) in [6.45, 7) is 3.83. The molecule has 0 N–H and O–H groups in total. The summed E-state index contributed by atoms with van der Waals surface area (Å²) in [6, 6.07) is 7.49. The maximum Gasteiger partial charge on any atom is 0.341 e. The Morgan fingerprint density at radius 3 is 2.53 bits per heavy atom. The minimum absolute atomic E-state index is 0.336. The highest BCUT2D eigenvalue weighted by Crippen LogP contribution is 2.12. The highest BCUT2D eigenvalue weighted by molar-refractivity contribution is 5.88. The van der Waals surface area contributed by atoms with E-state index in [0.717, 1.165) is 11.3 Å². The van der Waals surface area contributed by atoms with Gasteiger partial charge in [0.15, 0.2) is 0 Å². The standard InChI is InChI=1S/C14H16O3/c1-4-17-14(15)11(2)5-6-12-7-9-13(16-3)10-8-12/h6-10H,4H2,1-3H3. The lowest BCUT2D eigenvalue weighted by Crippen LogP contribution is -2.03. The smallest absolute Gasteiger partial charge is 0.341 e. The Balaban J connectivity index is 2.81. The Morgan fingerprint density at radius 2 is 2.00 bits per heavy atom. The van der Waals surface area contributed by atoms with E-state index in [1.165, 1.54) is 0 Å². The molecule has 0 unspecified atom stereocenters. The summed E-state index contributed by atoms with van der Waals surface area (Å²) in [5.74, 6) is 0.463. The van der Waals surface area contributed by atoms with Crippen LogP contribution < -0.4 is 4.74 Å². The molecule has 0 saturated carbocycles. The molecular weight excluding hydrogens is 216 g/mol. The molecule has 0 aliphatic heterocycles. The van der Waals surface area contributed by atoms with Crippen LogP contribution in [0, 0.1) is 0 Å². The van der Waals surface area contributed by atoms with E-state index in [9.17, 15) is 4.79 Å². The third-order valence-corrected chi connectivity index (χ3v) is 2.15. The third-order valence-electron chi connectivity index (χ3n) is 2.15. The van der Waals surface area contributed by atoms with E-state index in [2.05, 4.69) is 5.73 Å². The van der Waals surface area contributed by atoms with Crippen LogP contribution in [0.25, 0.3) is 6.08 Å². The minimum atomic E-state index is -0.336. The van der Waals surface area contributed by atoms with Gasteiger partial charge in [-0.2, -0.15) is 0 Å². The van der Waals surface area contributed by atoms with Crippen molar-refractivity contribution in [2.24, 2.45) is 0 Å². The molecule has 0 radical (unpaired) electrons. The summed E-state index contributed by atoms with van der Waals surface area (Å²) in [6.07, 6.45) is 1.74. The summed E-state index contributed by atoms with van der Waals surface area (Å²) < 4.78 is 9.90. The van der Waals surface area contributed by atoms with Crippen molar-refractivity contribution in [2.45, 2.75) is 13.8 Å². The van der Waals surface area contributed by atoms with Gasteiger partial charge in [-0.25, -0.2) is 4.79 Å². The van der Waals surface area contributed by atoms with E-state index in [4.69, 9.17) is 9.47 Å². The summed E-state index contributed by atoms with van der Waals surface area (Å²) in [4.78, 5) is 11.3. The molecule has 17 heavy (non-hydrogen) atoms. The second-order valence-corrected chi connectivity index (χ2v) is 3.41. The molecule has 0 amide bonds. The van der Waals surface area contributed by atoms with Crippen LogP contribution >= 0.6 is 0 Å². The Kier molecular flexibility index (Phi) is 5.05. The third kappa shape index (κ3) is 4.17. The van der Waals surface area contributed by atoms with Crippen molar-refractivity contribution in [3.8, 4) is 5.75 Å². The van der Waals surface area contributed by atoms with Crippen molar-refractivity contribution in [1.29, 1.82) is 0 Å².